The summed E-state index contributed by atoms with van der Waals surface area (Å²) in [5.74, 6) is -0.798. The number of sulfonamides is 2. The summed E-state index contributed by atoms with van der Waals surface area (Å²) < 4.78 is 64.4. The second-order valence-electron chi connectivity index (χ2n) is 6.72. The van der Waals surface area contributed by atoms with Gasteiger partial charge in [-0.05, 0) is 37.1 Å². The minimum Gasteiger partial charge on any atom is -0.339 e. The lowest BCUT2D eigenvalue weighted by Gasteiger charge is -2.36. The molecule has 2 aliphatic rings. The van der Waals surface area contributed by atoms with Crippen molar-refractivity contribution in [3.05, 3.63) is 30.1 Å². The van der Waals surface area contributed by atoms with Gasteiger partial charge in [0.05, 0.1) is 11.2 Å². The summed E-state index contributed by atoms with van der Waals surface area (Å²) in [5.41, 5.74) is 0. The first-order chi connectivity index (χ1) is 12.6. The lowest BCUT2D eigenvalue weighted by atomic mass is 10.2. The molecule has 0 aliphatic carbocycles. The first kappa shape index (κ1) is 20.2. The highest BCUT2D eigenvalue weighted by Gasteiger charge is 2.40. The Morgan fingerprint density at radius 1 is 1.00 bits per heavy atom. The van der Waals surface area contributed by atoms with Crippen LogP contribution >= 0.6 is 0 Å². The molecule has 0 bridgehead atoms. The number of halogens is 1. The van der Waals surface area contributed by atoms with Gasteiger partial charge in [-0.15, -0.1) is 0 Å². The number of amides is 1. The molecule has 0 N–H and O–H groups in total. The van der Waals surface area contributed by atoms with Crippen LogP contribution in [0.15, 0.2) is 29.2 Å². The van der Waals surface area contributed by atoms with Crippen LogP contribution in [-0.4, -0.2) is 81.3 Å². The Balaban J connectivity index is 1.66. The standard InChI is InChI=1S/C16H22FN3O5S2/c1-26(22,23)20-8-2-3-15(20)16(21)18-9-11-19(12-10-18)27(24,25)14-6-4-13(17)5-7-14/h4-7,15H,2-3,8-12H2,1H3/t15-/m0/s1. The van der Waals surface area contributed by atoms with E-state index in [1.165, 1.54) is 25.6 Å². The molecule has 1 aromatic rings. The number of carbonyl (C=O) groups is 1. The molecule has 2 saturated heterocycles. The first-order valence-electron chi connectivity index (χ1n) is 8.62. The van der Waals surface area contributed by atoms with E-state index in [0.717, 1.165) is 18.4 Å². The zero-order valence-electron chi connectivity index (χ0n) is 14.9. The van der Waals surface area contributed by atoms with Crippen molar-refractivity contribution in [2.75, 3.05) is 39.0 Å². The highest BCUT2D eigenvalue weighted by Crippen LogP contribution is 2.24. The van der Waals surface area contributed by atoms with Gasteiger partial charge in [0.1, 0.15) is 11.9 Å². The van der Waals surface area contributed by atoms with Crippen LogP contribution in [0.1, 0.15) is 12.8 Å². The highest BCUT2D eigenvalue weighted by atomic mass is 32.2. The molecule has 0 saturated carbocycles. The van der Waals surface area contributed by atoms with Gasteiger partial charge in [-0.1, -0.05) is 0 Å². The van der Waals surface area contributed by atoms with Crippen molar-refractivity contribution in [1.29, 1.82) is 0 Å². The molecule has 0 spiro atoms. The maximum Gasteiger partial charge on any atom is 0.243 e. The topological polar surface area (TPSA) is 95.1 Å². The molecule has 11 heteroatoms. The van der Waals surface area contributed by atoms with Crippen LogP contribution in [0.25, 0.3) is 0 Å². The van der Waals surface area contributed by atoms with Gasteiger partial charge < -0.3 is 4.90 Å². The van der Waals surface area contributed by atoms with Crippen molar-refractivity contribution in [3.8, 4) is 0 Å². The number of hydrogen-bond acceptors (Lipinski definition) is 5. The quantitative estimate of drug-likeness (QED) is 0.689. The summed E-state index contributed by atoms with van der Waals surface area (Å²) >= 11 is 0. The molecule has 8 nitrogen and oxygen atoms in total. The summed E-state index contributed by atoms with van der Waals surface area (Å²) in [7, 11) is -7.22. The van der Waals surface area contributed by atoms with Crippen molar-refractivity contribution in [3.63, 3.8) is 0 Å². The summed E-state index contributed by atoms with van der Waals surface area (Å²) in [6, 6.07) is 3.90. The predicted octanol–water partition coefficient (Wildman–Crippen LogP) is 0.0826. The normalized spacial score (nSPS) is 22.9. The van der Waals surface area contributed by atoms with Gasteiger partial charge in [-0.2, -0.15) is 8.61 Å². The van der Waals surface area contributed by atoms with Crippen molar-refractivity contribution in [2.45, 2.75) is 23.8 Å². The molecule has 1 atom stereocenters. The SMILES string of the molecule is CS(=O)(=O)N1CCC[C@H]1C(=O)N1CCN(S(=O)(=O)c2ccc(F)cc2)CC1. The smallest absolute Gasteiger partial charge is 0.243 e. The van der Waals surface area contributed by atoms with Crippen LogP contribution in [0.2, 0.25) is 0 Å². The van der Waals surface area contributed by atoms with Crippen LogP contribution in [0.5, 0.6) is 0 Å². The number of hydrogen-bond donors (Lipinski definition) is 0. The van der Waals surface area contributed by atoms with Gasteiger partial charge in [0, 0.05) is 32.7 Å². The summed E-state index contributed by atoms with van der Waals surface area (Å²) in [4.78, 5) is 14.3. The molecular formula is C16H22FN3O5S2. The fraction of sp³-hybridized carbons (Fsp3) is 0.562. The Kier molecular flexibility index (Phi) is 5.57. The van der Waals surface area contributed by atoms with Crippen LogP contribution < -0.4 is 0 Å². The average Bonchev–Trinajstić information content (AvgIpc) is 3.12. The Morgan fingerprint density at radius 3 is 2.15 bits per heavy atom. The van der Waals surface area contributed by atoms with Crippen LogP contribution in [0.3, 0.4) is 0 Å². The number of rotatable bonds is 4. The third kappa shape index (κ3) is 4.15. The molecule has 27 heavy (non-hydrogen) atoms. The molecule has 1 aromatic carbocycles. The largest absolute Gasteiger partial charge is 0.339 e. The summed E-state index contributed by atoms with van der Waals surface area (Å²) in [6.07, 6.45) is 2.19. The first-order valence-corrected chi connectivity index (χ1v) is 11.9. The minimum atomic E-state index is -3.76. The predicted molar refractivity (Wildman–Crippen MR) is 96.3 cm³/mol. The molecule has 2 heterocycles. The maximum absolute atomic E-state index is 13.0. The Hall–Kier alpha value is -1.56. The molecule has 0 unspecified atom stereocenters. The number of piperazine rings is 1. The second kappa shape index (κ2) is 7.46. The van der Waals surface area contributed by atoms with E-state index in [-0.39, 0.29) is 37.0 Å². The number of carbonyl (C=O) groups excluding carboxylic acids is 1. The number of benzene rings is 1. The van der Waals surface area contributed by atoms with Crippen LogP contribution in [0, 0.1) is 5.82 Å². The zero-order valence-corrected chi connectivity index (χ0v) is 16.5. The van der Waals surface area contributed by atoms with Gasteiger partial charge >= 0.3 is 0 Å². The molecule has 0 radical (unpaired) electrons. The third-order valence-corrected chi connectivity index (χ3v) is 8.12. The van der Waals surface area contributed by atoms with Crippen LogP contribution in [-0.2, 0) is 24.8 Å². The van der Waals surface area contributed by atoms with E-state index in [1.807, 2.05) is 0 Å². The van der Waals surface area contributed by atoms with E-state index in [2.05, 4.69) is 0 Å². The lowest BCUT2D eigenvalue weighted by Crippen LogP contribution is -2.55. The Labute approximate surface area is 158 Å². The van der Waals surface area contributed by atoms with E-state index in [9.17, 15) is 26.0 Å². The molecule has 2 fully saturated rings. The highest BCUT2D eigenvalue weighted by molar-refractivity contribution is 7.89. The molecule has 150 valence electrons. The Bertz CT molecular complexity index is 910. The fourth-order valence-electron chi connectivity index (χ4n) is 3.50. The monoisotopic (exact) mass is 419 g/mol. The molecule has 3 rings (SSSR count). The maximum atomic E-state index is 13.0. The summed E-state index contributed by atoms with van der Waals surface area (Å²) in [5, 5.41) is 0. The van der Waals surface area contributed by atoms with Crippen molar-refractivity contribution in [1.82, 2.24) is 13.5 Å². The average molecular weight is 420 g/mol. The van der Waals surface area contributed by atoms with Crippen LogP contribution in [0.4, 0.5) is 4.39 Å². The van der Waals surface area contributed by atoms with Gasteiger partial charge in [0.25, 0.3) is 0 Å². The summed E-state index contributed by atoms with van der Waals surface area (Å²) in [6.45, 7) is 0.920. The van der Waals surface area contributed by atoms with Crippen molar-refractivity contribution in [2.24, 2.45) is 0 Å². The van der Waals surface area contributed by atoms with Gasteiger partial charge in [0.2, 0.25) is 26.0 Å². The molecular weight excluding hydrogens is 397 g/mol. The molecule has 2 aliphatic heterocycles. The van der Waals surface area contributed by atoms with Crippen molar-refractivity contribution < 1.29 is 26.0 Å². The molecule has 0 aromatic heterocycles. The van der Waals surface area contributed by atoms with E-state index in [4.69, 9.17) is 0 Å². The van der Waals surface area contributed by atoms with Gasteiger partial charge in [-0.3, -0.25) is 4.79 Å². The zero-order chi connectivity index (χ0) is 19.8. The van der Waals surface area contributed by atoms with E-state index in [1.54, 1.807) is 0 Å². The molecule has 1 amide bonds. The second-order valence-corrected chi connectivity index (χ2v) is 10.6. The van der Waals surface area contributed by atoms with E-state index in [0.29, 0.717) is 19.4 Å². The lowest BCUT2D eigenvalue weighted by molar-refractivity contribution is -0.135. The van der Waals surface area contributed by atoms with Gasteiger partial charge in [0.15, 0.2) is 0 Å². The Morgan fingerprint density at radius 2 is 1.59 bits per heavy atom. The van der Waals surface area contributed by atoms with Crippen molar-refractivity contribution >= 4 is 26.0 Å². The van der Waals surface area contributed by atoms with E-state index >= 15 is 0 Å². The van der Waals surface area contributed by atoms with Gasteiger partial charge in [-0.25, -0.2) is 21.2 Å². The minimum absolute atomic E-state index is 0.00252. The van der Waals surface area contributed by atoms with E-state index < -0.39 is 31.9 Å². The number of nitrogens with zero attached hydrogens (tertiary/aromatic N) is 3. The third-order valence-electron chi connectivity index (χ3n) is 4.92. The fourth-order valence-corrected chi connectivity index (χ4v) is 6.04.